The van der Waals surface area contributed by atoms with Crippen molar-refractivity contribution < 1.29 is 34.1 Å². The first kappa shape index (κ1) is 17.2. The molecule has 2 N–H and O–H groups in total. The van der Waals surface area contributed by atoms with Crippen LogP contribution in [-0.4, -0.2) is 45.4 Å². The average Bonchev–Trinajstić information content (AvgIpc) is 2.24. The SMILES string of the molecule is CC(OC(=O)C(=O)CC(C)(C)O)C(C)C(=O)C(=O)O. The summed E-state index contributed by atoms with van der Waals surface area (Å²) in [6.45, 7) is 5.33. The number of hydrogen-bond acceptors (Lipinski definition) is 6. The Morgan fingerprint density at radius 1 is 1.16 bits per heavy atom. The molecular formula is C12H18O7. The van der Waals surface area contributed by atoms with Gasteiger partial charge in [-0.25, -0.2) is 9.59 Å². The number of Topliss-reactive ketones (excluding diaryl/α,β-unsaturated/α-hetero) is 2. The van der Waals surface area contributed by atoms with Crippen molar-refractivity contribution in [2.45, 2.75) is 45.8 Å². The minimum atomic E-state index is -1.63. The molecule has 0 aliphatic carbocycles. The largest absolute Gasteiger partial charge is 0.475 e. The molecule has 0 aliphatic heterocycles. The van der Waals surface area contributed by atoms with Crippen LogP contribution < -0.4 is 0 Å². The quantitative estimate of drug-likeness (QED) is 0.493. The summed E-state index contributed by atoms with van der Waals surface area (Å²) in [6.07, 6.45) is -1.46. The Balaban J connectivity index is 4.53. The number of ether oxygens (including phenoxy) is 1. The molecule has 0 fully saturated rings. The Bertz CT molecular complexity index is 391. The van der Waals surface area contributed by atoms with Crippen LogP contribution in [0.25, 0.3) is 0 Å². The zero-order chi connectivity index (χ0) is 15.4. The molecule has 0 rings (SSSR count). The van der Waals surface area contributed by atoms with Crippen LogP contribution in [0.2, 0.25) is 0 Å². The van der Waals surface area contributed by atoms with Gasteiger partial charge < -0.3 is 14.9 Å². The molecule has 0 saturated heterocycles. The van der Waals surface area contributed by atoms with E-state index >= 15 is 0 Å². The molecular weight excluding hydrogens is 256 g/mol. The van der Waals surface area contributed by atoms with Crippen molar-refractivity contribution in [2.24, 2.45) is 5.92 Å². The van der Waals surface area contributed by atoms with Gasteiger partial charge >= 0.3 is 11.9 Å². The van der Waals surface area contributed by atoms with E-state index in [4.69, 9.17) is 9.84 Å². The van der Waals surface area contributed by atoms with Crippen molar-refractivity contribution in [1.82, 2.24) is 0 Å². The summed E-state index contributed by atoms with van der Waals surface area (Å²) in [5, 5.41) is 17.9. The average molecular weight is 274 g/mol. The molecule has 0 saturated carbocycles. The molecule has 7 nitrogen and oxygen atoms in total. The number of aliphatic hydroxyl groups is 1. The lowest BCUT2D eigenvalue weighted by atomic mass is 10.00. The second-order valence-electron chi connectivity index (χ2n) is 4.98. The second-order valence-corrected chi connectivity index (χ2v) is 4.98. The maximum absolute atomic E-state index is 11.4. The highest BCUT2D eigenvalue weighted by atomic mass is 16.5. The van der Waals surface area contributed by atoms with Gasteiger partial charge in [-0.1, -0.05) is 6.92 Å². The molecule has 0 radical (unpaired) electrons. The first-order valence-electron chi connectivity index (χ1n) is 5.69. The van der Waals surface area contributed by atoms with Crippen molar-refractivity contribution in [3.05, 3.63) is 0 Å². The maximum Gasteiger partial charge on any atom is 0.374 e. The Hall–Kier alpha value is -1.76. The molecule has 0 amide bonds. The van der Waals surface area contributed by atoms with Crippen LogP contribution in [0.4, 0.5) is 0 Å². The van der Waals surface area contributed by atoms with E-state index in [-0.39, 0.29) is 0 Å². The summed E-state index contributed by atoms with van der Waals surface area (Å²) in [4.78, 5) is 44.4. The van der Waals surface area contributed by atoms with Gasteiger partial charge in [-0.2, -0.15) is 0 Å². The standard InChI is InChI=1S/C12H18O7/c1-6(9(14)10(15)16)7(2)19-11(17)8(13)5-12(3,4)18/h6-7,18H,5H2,1-4H3,(H,15,16). The molecule has 0 bridgehead atoms. The molecule has 2 atom stereocenters. The van der Waals surface area contributed by atoms with Gasteiger partial charge in [-0.3, -0.25) is 9.59 Å². The minimum Gasteiger partial charge on any atom is -0.475 e. The minimum absolute atomic E-state index is 0.417. The number of rotatable bonds is 7. The normalized spacial score (nSPS) is 14.4. The van der Waals surface area contributed by atoms with Crippen LogP contribution in [0.1, 0.15) is 34.1 Å². The third-order valence-electron chi connectivity index (χ3n) is 2.44. The number of carbonyl (C=O) groups is 4. The number of carboxylic acids is 1. The van der Waals surface area contributed by atoms with Crippen molar-refractivity contribution in [3.63, 3.8) is 0 Å². The van der Waals surface area contributed by atoms with Crippen LogP contribution in [0.3, 0.4) is 0 Å². The molecule has 0 spiro atoms. The van der Waals surface area contributed by atoms with E-state index in [1.54, 1.807) is 0 Å². The van der Waals surface area contributed by atoms with Crippen LogP contribution >= 0.6 is 0 Å². The van der Waals surface area contributed by atoms with Crippen LogP contribution in [0.5, 0.6) is 0 Å². The summed E-state index contributed by atoms with van der Waals surface area (Å²) in [7, 11) is 0. The van der Waals surface area contributed by atoms with Crippen molar-refractivity contribution in [3.8, 4) is 0 Å². The molecule has 7 heteroatoms. The van der Waals surface area contributed by atoms with Gasteiger partial charge in [0, 0.05) is 6.42 Å². The lowest BCUT2D eigenvalue weighted by Gasteiger charge is -2.19. The maximum atomic E-state index is 11.4. The highest BCUT2D eigenvalue weighted by Gasteiger charge is 2.31. The van der Waals surface area contributed by atoms with Crippen molar-refractivity contribution >= 4 is 23.5 Å². The zero-order valence-electron chi connectivity index (χ0n) is 11.3. The summed E-state index contributed by atoms with van der Waals surface area (Å²) in [5.41, 5.74) is -1.35. The first-order valence-corrected chi connectivity index (χ1v) is 5.69. The highest BCUT2D eigenvalue weighted by molar-refractivity contribution is 6.34. The number of carboxylic acid groups (broad SMARTS) is 1. The summed E-state index contributed by atoms with van der Waals surface area (Å²) >= 11 is 0. The molecule has 0 aliphatic rings. The Morgan fingerprint density at radius 3 is 2.00 bits per heavy atom. The van der Waals surface area contributed by atoms with Gasteiger partial charge in [-0.05, 0) is 20.8 Å². The smallest absolute Gasteiger partial charge is 0.374 e. The zero-order valence-corrected chi connectivity index (χ0v) is 11.3. The first-order chi connectivity index (χ1) is 8.45. The second kappa shape index (κ2) is 6.42. The van der Waals surface area contributed by atoms with Gasteiger partial charge in [0.15, 0.2) is 0 Å². The van der Waals surface area contributed by atoms with Crippen molar-refractivity contribution in [1.29, 1.82) is 0 Å². The highest BCUT2D eigenvalue weighted by Crippen LogP contribution is 2.12. The summed E-state index contributed by atoms with van der Waals surface area (Å²) < 4.78 is 4.71. The van der Waals surface area contributed by atoms with Gasteiger partial charge in [0.2, 0.25) is 11.6 Å². The molecule has 108 valence electrons. The number of ketones is 2. The summed E-state index contributed by atoms with van der Waals surface area (Å²) in [5.74, 6) is -5.92. The third-order valence-corrected chi connectivity index (χ3v) is 2.44. The molecule has 0 aromatic carbocycles. The van der Waals surface area contributed by atoms with E-state index in [1.807, 2.05) is 0 Å². The third kappa shape index (κ3) is 6.10. The Morgan fingerprint density at radius 2 is 1.63 bits per heavy atom. The van der Waals surface area contributed by atoms with E-state index < -0.39 is 47.5 Å². The molecule has 0 aromatic rings. The fourth-order valence-electron chi connectivity index (χ4n) is 1.21. The van der Waals surface area contributed by atoms with Crippen LogP contribution in [0, 0.1) is 5.92 Å². The predicted octanol–water partition coefficient (Wildman–Crippen LogP) is -0.0620. The van der Waals surface area contributed by atoms with Gasteiger partial charge in [0.1, 0.15) is 6.10 Å². The topological polar surface area (TPSA) is 118 Å². The molecule has 19 heavy (non-hydrogen) atoms. The van der Waals surface area contributed by atoms with Gasteiger partial charge in [0.05, 0.1) is 11.5 Å². The fourth-order valence-corrected chi connectivity index (χ4v) is 1.21. The summed E-state index contributed by atoms with van der Waals surface area (Å²) in [6, 6.07) is 0. The van der Waals surface area contributed by atoms with E-state index in [9.17, 15) is 24.3 Å². The Kier molecular flexibility index (Phi) is 5.82. The molecule has 2 unspecified atom stereocenters. The van der Waals surface area contributed by atoms with Gasteiger partial charge in [0.25, 0.3) is 0 Å². The van der Waals surface area contributed by atoms with E-state index in [0.717, 1.165) is 0 Å². The number of esters is 1. The predicted molar refractivity (Wildman–Crippen MR) is 63.3 cm³/mol. The lowest BCUT2D eigenvalue weighted by molar-refractivity contribution is -0.163. The van der Waals surface area contributed by atoms with Crippen LogP contribution in [0.15, 0.2) is 0 Å². The van der Waals surface area contributed by atoms with E-state index in [1.165, 1.54) is 27.7 Å². The molecule has 0 heterocycles. The number of carbonyl (C=O) groups excluding carboxylic acids is 3. The molecule has 0 aromatic heterocycles. The van der Waals surface area contributed by atoms with E-state index in [2.05, 4.69) is 0 Å². The number of aliphatic carboxylic acids is 1. The Labute approximate surface area is 110 Å². The van der Waals surface area contributed by atoms with Crippen molar-refractivity contribution in [2.75, 3.05) is 0 Å². The monoisotopic (exact) mass is 274 g/mol. The van der Waals surface area contributed by atoms with E-state index in [0.29, 0.717) is 0 Å². The fraction of sp³-hybridized carbons (Fsp3) is 0.667. The van der Waals surface area contributed by atoms with Crippen LogP contribution in [-0.2, 0) is 23.9 Å². The lowest BCUT2D eigenvalue weighted by Crippen LogP contribution is -2.35. The number of hydrogen-bond donors (Lipinski definition) is 2. The van der Waals surface area contributed by atoms with Gasteiger partial charge in [-0.15, -0.1) is 0 Å².